The Morgan fingerprint density at radius 2 is 1.90 bits per heavy atom. The van der Waals surface area contributed by atoms with Crippen molar-refractivity contribution >= 4 is 36.1 Å². The number of carbonyl (C=O) groups excluding carboxylic acids is 1. The number of carbonyl (C=O) groups is 1. The van der Waals surface area contributed by atoms with Crippen molar-refractivity contribution in [3.8, 4) is 5.75 Å². The molecule has 1 saturated heterocycles. The molecule has 2 aromatic carbocycles. The van der Waals surface area contributed by atoms with E-state index < -0.39 is 79.6 Å². The third-order valence-electron chi connectivity index (χ3n) is 6.38. The van der Waals surface area contributed by atoms with E-state index >= 15 is 4.39 Å². The van der Waals surface area contributed by atoms with Gasteiger partial charge in [0.15, 0.2) is 5.60 Å². The van der Waals surface area contributed by atoms with Crippen LogP contribution >= 0.6 is 19.3 Å². The molecule has 2 N–H and O–H groups in total. The van der Waals surface area contributed by atoms with Crippen molar-refractivity contribution in [1.82, 2.24) is 14.6 Å². The van der Waals surface area contributed by atoms with Gasteiger partial charge in [-0.05, 0) is 32.2 Å². The third kappa shape index (κ3) is 6.73. The summed E-state index contributed by atoms with van der Waals surface area (Å²) < 4.78 is 80.6. The van der Waals surface area contributed by atoms with Crippen LogP contribution in [0.1, 0.15) is 33.4 Å². The number of halogens is 4. The first-order chi connectivity index (χ1) is 19.7. The van der Waals surface area contributed by atoms with Crippen LogP contribution < -0.4 is 20.9 Å². The Morgan fingerprint density at radius 1 is 1.21 bits per heavy atom. The predicted octanol–water partition coefficient (Wildman–Crippen LogP) is 4.74. The molecule has 4 rings (SSSR count). The Morgan fingerprint density at radius 3 is 2.60 bits per heavy atom. The second-order valence-corrected chi connectivity index (χ2v) is 12.0. The molecule has 2 heterocycles. The second kappa shape index (κ2) is 12.6. The predicted molar refractivity (Wildman–Crippen MR) is 147 cm³/mol. The smallest absolute Gasteiger partial charge is 0.459 e. The van der Waals surface area contributed by atoms with Gasteiger partial charge in [0, 0.05) is 18.0 Å². The summed E-state index contributed by atoms with van der Waals surface area (Å²) in [4.78, 5) is 38.2. The van der Waals surface area contributed by atoms with Gasteiger partial charge in [-0.15, -0.1) is 0 Å². The third-order valence-corrected chi connectivity index (χ3v) is 8.26. The van der Waals surface area contributed by atoms with Crippen LogP contribution in [0, 0.1) is 0 Å². The monoisotopic (exact) mass is 633 g/mol. The molecule has 228 valence electrons. The van der Waals surface area contributed by atoms with E-state index in [1.807, 2.05) is 4.98 Å². The topological polar surface area (TPSA) is 138 Å². The summed E-state index contributed by atoms with van der Waals surface area (Å²) in [6.07, 6.45) is -8.04. The molecule has 5 atom stereocenters. The van der Waals surface area contributed by atoms with E-state index in [1.165, 1.54) is 13.0 Å². The van der Waals surface area contributed by atoms with Gasteiger partial charge in [0.05, 0.1) is 12.7 Å². The highest BCUT2D eigenvalue weighted by Gasteiger charge is 2.58. The normalized spacial score (nSPS) is 22.8. The highest BCUT2D eigenvalue weighted by atomic mass is 35.5. The molecule has 1 aromatic heterocycles. The lowest BCUT2D eigenvalue weighted by atomic mass is 10.00. The van der Waals surface area contributed by atoms with E-state index in [0.29, 0.717) is 15.3 Å². The van der Waals surface area contributed by atoms with Crippen LogP contribution in [0.3, 0.4) is 0 Å². The Bertz CT molecular complexity index is 1610. The van der Waals surface area contributed by atoms with Crippen molar-refractivity contribution in [3.05, 3.63) is 74.5 Å². The Hall–Kier alpha value is -3.16. The summed E-state index contributed by atoms with van der Waals surface area (Å²) in [6, 6.07) is 10.3. The van der Waals surface area contributed by atoms with Gasteiger partial charge in [0.2, 0.25) is 0 Å². The molecular formula is C26H28ClF3N3O8P. The van der Waals surface area contributed by atoms with Gasteiger partial charge in [-0.25, -0.2) is 22.5 Å². The minimum absolute atomic E-state index is 0.0240. The molecule has 1 aliphatic rings. The maximum Gasteiger partial charge on any atom is 0.459 e. The number of aromatic nitrogens is 2. The number of hydrogen-bond acceptors (Lipinski definition) is 8. The minimum atomic E-state index is -4.74. The molecule has 0 amide bonds. The fraction of sp³-hybridized carbons (Fsp3) is 0.423. The first-order valence-electron chi connectivity index (χ1n) is 12.8. The molecule has 16 heteroatoms. The van der Waals surface area contributed by atoms with E-state index in [2.05, 4.69) is 5.09 Å². The van der Waals surface area contributed by atoms with Crippen LogP contribution in [0.5, 0.6) is 5.75 Å². The minimum Gasteiger partial charge on any atom is -0.462 e. The van der Waals surface area contributed by atoms with Crippen LogP contribution in [0.15, 0.2) is 58.3 Å². The Kier molecular flexibility index (Phi) is 9.53. The SMILES string of the molecule is CC(C)OC(=O)[C@H](C)NP(=O)(OC[C@@]1(C(F)F)O[C@@H](n2cc(Cl)c(=O)[nH]c2=O)C[C@H]1F)Oc1cccc2ccccc12. The van der Waals surface area contributed by atoms with E-state index in [-0.39, 0.29) is 5.75 Å². The number of fused-ring (bicyclic) bond motifs is 1. The summed E-state index contributed by atoms with van der Waals surface area (Å²) >= 11 is 5.75. The molecule has 3 aromatic rings. The van der Waals surface area contributed by atoms with Gasteiger partial charge in [0.25, 0.3) is 12.0 Å². The number of nitrogens with zero attached hydrogens (tertiary/aromatic N) is 1. The van der Waals surface area contributed by atoms with Gasteiger partial charge in [-0.1, -0.05) is 48.0 Å². The van der Waals surface area contributed by atoms with Gasteiger partial charge >= 0.3 is 19.4 Å². The molecule has 42 heavy (non-hydrogen) atoms. The standard InChI is InChI=1S/C26H28ClF3N3O8P/c1-14(2)39-23(35)15(3)32-42(37,41-19-10-6-8-16-7-4-5-9-17(16)19)38-13-26(24(29)30)20(28)11-21(40-26)33-12-18(27)22(34)31-25(33)36/h4-10,12,14-15,20-21,24H,11,13H2,1-3H3,(H,32,37)(H,31,34,36)/t15-,20+,21+,26+,42?/m0/s1. The summed E-state index contributed by atoms with van der Waals surface area (Å²) in [5, 5.41) is 3.09. The van der Waals surface area contributed by atoms with Gasteiger partial charge in [-0.2, -0.15) is 5.09 Å². The first-order valence-corrected chi connectivity index (χ1v) is 14.7. The van der Waals surface area contributed by atoms with Crippen LogP contribution in [0.25, 0.3) is 10.8 Å². The van der Waals surface area contributed by atoms with Crippen molar-refractivity contribution in [1.29, 1.82) is 0 Å². The fourth-order valence-corrected chi connectivity index (χ4v) is 5.98. The molecule has 1 fully saturated rings. The number of esters is 1. The largest absolute Gasteiger partial charge is 0.462 e. The number of H-pyrrole nitrogens is 1. The number of aromatic amines is 1. The van der Waals surface area contributed by atoms with Gasteiger partial charge < -0.3 is 14.0 Å². The Labute approximate surface area is 242 Å². The molecule has 11 nitrogen and oxygen atoms in total. The lowest BCUT2D eigenvalue weighted by Crippen LogP contribution is -2.49. The number of benzene rings is 2. The molecule has 0 bridgehead atoms. The molecular weight excluding hydrogens is 606 g/mol. The second-order valence-electron chi connectivity index (χ2n) is 9.85. The molecule has 0 radical (unpaired) electrons. The quantitative estimate of drug-likeness (QED) is 0.227. The average molecular weight is 634 g/mol. The maximum atomic E-state index is 15.4. The summed E-state index contributed by atoms with van der Waals surface area (Å²) in [5.41, 5.74) is -5.02. The lowest BCUT2D eigenvalue weighted by molar-refractivity contribution is -0.182. The summed E-state index contributed by atoms with van der Waals surface area (Å²) in [6.45, 7) is 3.16. The number of ether oxygens (including phenoxy) is 2. The number of alkyl halides is 3. The number of rotatable bonds is 11. The summed E-state index contributed by atoms with van der Waals surface area (Å²) in [5.74, 6) is -0.815. The van der Waals surface area contributed by atoms with Gasteiger partial charge in [0.1, 0.15) is 29.2 Å². The van der Waals surface area contributed by atoms with E-state index in [1.54, 1.807) is 50.2 Å². The average Bonchev–Trinajstić information content (AvgIpc) is 3.26. The van der Waals surface area contributed by atoms with E-state index in [4.69, 9.17) is 30.1 Å². The maximum absolute atomic E-state index is 15.4. The van der Waals surface area contributed by atoms with Crippen LogP contribution in [0.4, 0.5) is 13.2 Å². The van der Waals surface area contributed by atoms with Crippen LogP contribution in [0.2, 0.25) is 5.02 Å². The van der Waals surface area contributed by atoms with Gasteiger partial charge in [-0.3, -0.25) is 23.7 Å². The van der Waals surface area contributed by atoms with E-state index in [9.17, 15) is 27.7 Å². The highest BCUT2D eigenvalue weighted by molar-refractivity contribution is 7.52. The van der Waals surface area contributed by atoms with Crippen molar-refractivity contribution in [2.24, 2.45) is 0 Å². The Balaban J connectivity index is 1.66. The molecule has 1 aliphatic heterocycles. The van der Waals surface area contributed by atoms with Crippen molar-refractivity contribution < 1.29 is 41.1 Å². The van der Waals surface area contributed by atoms with Crippen molar-refractivity contribution in [3.63, 3.8) is 0 Å². The first kappa shape index (κ1) is 31.8. The lowest BCUT2D eigenvalue weighted by Gasteiger charge is -2.32. The van der Waals surface area contributed by atoms with Crippen LogP contribution in [-0.4, -0.2) is 52.5 Å². The van der Waals surface area contributed by atoms with E-state index in [0.717, 1.165) is 6.20 Å². The molecule has 1 unspecified atom stereocenters. The van der Waals surface area contributed by atoms with Crippen molar-refractivity contribution in [2.45, 2.75) is 63.8 Å². The highest BCUT2D eigenvalue weighted by Crippen LogP contribution is 2.50. The van der Waals surface area contributed by atoms with Crippen molar-refractivity contribution in [2.75, 3.05) is 6.61 Å². The molecule has 0 spiro atoms. The number of nitrogens with one attached hydrogen (secondary N) is 2. The number of hydrogen-bond donors (Lipinski definition) is 2. The zero-order valence-electron chi connectivity index (χ0n) is 22.6. The fourth-order valence-electron chi connectivity index (χ4n) is 4.28. The zero-order chi connectivity index (χ0) is 30.8. The molecule has 0 aliphatic carbocycles. The summed E-state index contributed by atoms with van der Waals surface area (Å²) in [7, 11) is -4.74. The molecule has 0 saturated carbocycles. The zero-order valence-corrected chi connectivity index (χ0v) is 24.2. The van der Waals surface area contributed by atoms with Crippen LogP contribution in [-0.2, 0) is 23.4 Å².